The fourth-order valence-corrected chi connectivity index (χ4v) is 2.20. The summed E-state index contributed by atoms with van der Waals surface area (Å²) in [4.78, 5) is 29.4. The third-order valence-electron chi connectivity index (χ3n) is 3.50. The third-order valence-corrected chi connectivity index (χ3v) is 3.50. The number of hydrogen-bond acceptors (Lipinski definition) is 4. The molecule has 1 heterocycles. The molecule has 0 spiro atoms. The molecule has 0 saturated heterocycles. The van der Waals surface area contributed by atoms with Gasteiger partial charge in [0.05, 0.1) is 11.3 Å². The average Bonchev–Trinajstić information content (AvgIpc) is 2.59. The van der Waals surface area contributed by atoms with E-state index in [-0.39, 0.29) is 18.2 Å². The largest absolute Gasteiger partial charge is 0.338 e. The van der Waals surface area contributed by atoms with Crippen LogP contribution in [0.15, 0.2) is 48.8 Å². The number of rotatable bonds is 6. The molecule has 6 heteroatoms. The van der Waals surface area contributed by atoms with Gasteiger partial charge in [-0.3, -0.25) is 14.6 Å². The van der Waals surface area contributed by atoms with Crippen molar-refractivity contribution in [2.75, 3.05) is 11.9 Å². The number of carbonyl (C=O) groups is 2. The monoisotopic (exact) mass is 322 g/mol. The quantitative estimate of drug-likeness (QED) is 0.884. The Morgan fingerprint density at radius 1 is 1.21 bits per heavy atom. The van der Waals surface area contributed by atoms with Crippen LogP contribution in [-0.2, 0) is 16.1 Å². The lowest BCUT2D eigenvalue weighted by molar-refractivity contribution is -0.129. The van der Waals surface area contributed by atoms with E-state index in [0.29, 0.717) is 24.3 Å². The Labute approximate surface area is 140 Å². The van der Waals surface area contributed by atoms with E-state index >= 15 is 0 Å². The first kappa shape index (κ1) is 17.2. The predicted molar refractivity (Wildman–Crippen MR) is 89.7 cm³/mol. The van der Waals surface area contributed by atoms with Gasteiger partial charge < -0.3 is 10.2 Å². The molecular weight excluding hydrogens is 304 g/mol. The van der Waals surface area contributed by atoms with Crippen molar-refractivity contribution in [1.82, 2.24) is 9.88 Å². The first-order valence-electron chi connectivity index (χ1n) is 7.53. The molecule has 0 fully saturated rings. The smallest absolute Gasteiger partial charge is 0.226 e. The number of nitriles is 1. The number of pyridine rings is 1. The fourth-order valence-electron chi connectivity index (χ4n) is 2.20. The van der Waals surface area contributed by atoms with Crippen LogP contribution in [0.4, 0.5) is 5.69 Å². The molecule has 1 aromatic heterocycles. The van der Waals surface area contributed by atoms with Crippen molar-refractivity contribution in [3.8, 4) is 6.07 Å². The van der Waals surface area contributed by atoms with Crippen molar-refractivity contribution in [3.05, 3.63) is 59.9 Å². The highest BCUT2D eigenvalue weighted by molar-refractivity contribution is 5.92. The molecule has 2 aromatic rings. The number of amides is 2. The summed E-state index contributed by atoms with van der Waals surface area (Å²) in [5.74, 6) is -0.337. The number of para-hydroxylation sites is 1. The van der Waals surface area contributed by atoms with Crippen LogP contribution in [-0.4, -0.2) is 28.2 Å². The number of aromatic nitrogens is 1. The maximum atomic E-state index is 12.1. The summed E-state index contributed by atoms with van der Waals surface area (Å²) in [6.07, 6.45) is 3.49. The molecule has 0 atom stereocenters. The van der Waals surface area contributed by atoms with Crippen molar-refractivity contribution in [2.24, 2.45) is 0 Å². The van der Waals surface area contributed by atoms with Crippen LogP contribution < -0.4 is 5.32 Å². The molecule has 0 aliphatic carbocycles. The van der Waals surface area contributed by atoms with Crippen LogP contribution in [0.5, 0.6) is 0 Å². The first-order valence-corrected chi connectivity index (χ1v) is 7.53. The first-order chi connectivity index (χ1) is 11.6. The highest BCUT2D eigenvalue weighted by atomic mass is 16.2. The highest BCUT2D eigenvalue weighted by Crippen LogP contribution is 2.14. The van der Waals surface area contributed by atoms with Gasteiger partial charge in [-0.2, -0.15) is 5.26 Å². The Bertz CT molecular complexity index is 753. The lowest BCUT2D eigenvalue weighted by atomic mass is 10.2. The van der Waals surface area contributed by atoms with E-state index in [1.807, 2.05) is 18.2 Å². The van der Waals surface area contributed by atoms with Gasteiger partial charge in [-0.1, -0.05) is 12.1 Å². The average molecular weight is 322 g/mol. The summed E-state index contributed by atoms with van der Waals surface area (Å²) in [6.45, 7) is 2.21. The number of hydrogen-bond donors (Lipinski definition) is 1. The van der Waals surface area contributed by atoms with Gasteiger partial charge in [0.15, 0.2) is 0 Å². The number of nitrogens with one attached hydrogen (secondary N) is 1. The normalized spacial score (nSPS) is 9.83. The van der Waals surface area contributed by atoms with Crippen LogP contribution in [0.1, 0.15) is 24.5 Å². The van der Waals surface area contributed by atoms with Crippen LogP contribution in [0.25, 0.3) is 0 Å². The molecule has 1 N–H and O–H groups in total. The molecule has 0 aliphatic rings. The highest BCUT2D eigenvalue weighted by Gasteiger charge is 2.13. The second-order valence-electron chi connectivity index (χ2n) is 5.25. The minimum Gasteiger partial charge on any atom is -0.338 e. The van der Waals surface area contributed by atoms with Crippen molar-refractivity contribution in [3.63, 3.8) is 0 Å². The van der Waals surface area contributed by atoms with Crippen LogP contribution in [0.3, 0.4) is 0 Å². The summed E-state index contributed by atoms with van der Waals surface area (Å²) >= 11 is 0. The zero-order chi connectivity index (χ0) is 17.4. The predicted octanol–water partition coefficient (Wildman–Crippen LogP) is 2.33. The number of benzene rings is 1. The van der Waals surface area contributed by atoms with E-state index in [9.17, 15) is 9.59 Å². The minimum atomic E-state index is -0.237. The van der Waals surface area contributed by atoms with Gasteiger partial charge in [-0.15, -0.1) is 0 Å². The second-order valence-corrected chi connectivity index (χ2v) is 5.25. The molecule has 2 rings (SSSR count). The fraction of sp³-hybridized carbons (Fsp3) is 0.222. The lowest BCUT2D eigenvalue weighted by Gasteiger charge is -2.21. The van der Waals surface area contributed by atoms with Crippen molar-refractivity contribution in [2.45, 2.75) is 19.9 Å². The van der Waals surface area contributed by atoms with Gasteiger partial charge in [-0.25, -0.2) is 0 Å². The molecule has 0 bridgehead atoms. The zero-order valence-electron chi connectivity index (χ0n) is 13.4. The number of nitrogens with zero attached hydrogens (tertiary/aromatic N) is 3. The van der Waals surface area contributed by atoms with E-state index in [1.54, 1.807) is 41.6 Å². The van der Waals surface area contributed by atoms with Crippen molar-refractivity contribution < 1.29 is 9.59 Å². The van der Waals surface area contributed by atoms with Crippen molar-refractivity contribution in [1.29, 1.82) is 5.26 Å². The van der Waals surface area contributed by atoms with E-state index in [1.165, 1.54) is 6.92 Å². The number of anilines is 1. The minimum absolute atomic E-state index is 0.1000. The second kappa shape index (κ2) is 8.44. The molecule has 2 amide bonds. The van der Waals surface area contributed by atoms with Crippen LogP contribution >= 0.6 is 0 Å². The zero-order valence-corrected chi connectivity index (χ0v) is 13.4. The van der Waals surface area contributed by atoms with Gasteiger partial charge in [0.1, 0.15) is 6.07 Å². The van der Waals surface area contributed by atoms with Crippen LogP contribution in [0.2, 0.25) is 0 Å². The van der Waals surface area contributed by atoms with Gasteiger partial charge in [-0.05, 0) is 29.8 Å². The Morgan fingerprint density at radius 2 is 1.92 bits per heavy atom. The topological polar surface area (TPSA) is 86.1 Å². The standard InChI is InChI=1S/C18H18N4O2/c1-14(23)22(13-15-6-9-20-10-7-15)11-8-18(24)21-17-5-3-2-4-16(17)12-19/h2-7,9-10H,8,11,13H2,1H3,(H,21,24). The molecular formula is C18H18N4O2. The van der Waals surface area contributed by atoms with Crippen molar-refractivity contribution >= 4 is 17.5 Å². The summed E-state index contributed by atoms with van der Waals surface area (Å²) in [5.41, 5.74) is 1.84. The molecule has 0 radical (unpaired) electrons. The molecule has 6 nitrogen and oxygen atoms in total. The lowest BCUT2D eigenvalue weighted by Crippen LogP contribution is -2.31. The van der Waals surface area contributed by atoms with E-state index in [4.69, 9.17) is 5.26 Å². The maximum absolute atomic E-state index is 12.1. The van der Waals surface area contributed by atoms with Gasteiger partial charge in [0.25, 0.3) is 0 Å². The summed E-state index contributed by atoms with van der Waals surface area (Å²) in [5, 5.41) is 11.7. The Hall–Kier alpha value is -3.20. The Morgan fingerprint density at radius 3 is 2.58 bits per heavy atom. The molecule has 24 heavy (non-hydrogen) atoms. The summed E-state index contributed by atoms with van der Waals surface area (Å²) in [7, 11) is 0. The molecule has 0 aliphatic heterocycles. The maximum Gasteiger partial charge on any atom is 0.226 e. The Kier molecular flexibility index (Phi) is 6.03. The van der Waals surface area contributed by atoms with Gasteiger partial charge in [0, 0.05) is 38.8 Å². The molecule has 0 unspecified atom stereocenters. The number of carbonyl (C=O) groups excluding carboxylic acids is 2. The van der Waals surface area contributed by atoms with E-state index in [2.05, 4.69) is 10.3 Å². The SMILES string of the molecule is CC(=O)N(CCC(=O)Nc1ccccc1C#N)Cc1ccncc1. The van der Waals surface area contributed by atoms with E-state index in [0.717, 1.165) is 5.56 Å². The molecule has 122 valence electrons. The summed E-state index contributed by atoms with van der Waals surface area (Å²) < 4.78 is 0. The summed E-state index contributed by atoms with van der Waals surface area (Å²) in [6, 6.07) is 12.5. The van der Waals surface area contributed by atoms with E-state index < -0.39 is 0 Å². The Balaban J connectivity index is 1.93. The molecule has 0 saturated carbocycles. The van der Waals surface area contributed by atoms with Crippen LogP contribution in [0, 0.1) is 11.3 Å². The third kappa shape index (κ3) is 4.92. The molecule has 1 aromatic carbocycles. The van der Waals surface area contributed by atoms with Gasteiger partial charge in [0.2, 0.25) is 11.8 Å². The van der Waals surface area contributed by atoms with Gasteiger partial charge >= 0.3 is 0 Å².